The van der Waals surface area contributed by atoms with E-state index in [0.29, 0.717) is 5.78 Å². The Hall–Kier alpha value is -1.11. The molecule has 1 unspecified atom stereocenters. The number of carbonyl (C=O) groups excluding carboxylic acids is 1. The number of fused-ring (bicyclic) bond motifs is 1. The number of hydrogen-bond acceptors (Lipinski definition) is 1. The second-order valence-electron chi connectivity index (χ2n) is 3.82. The summed E-state index contributed by atoms with van der Waals surface area (Å²) in [4.78, 5) is 11.2. The zero-order valence-electron chi connectivity index (χ0n) is 7.92. The lowest BCUT2D eigenvalue weighted by atomic mass is 9.82. The SMILES string of the molecule is CC(=O)C1CCc2ccccc2C1. The Morgan fingerprint density at radius 2 is 2.00 bits per heavy atom. The number of hydrogen-bond donors (Lipinski definition) is 0. The average molecular weight is 174 g/mol. The Morgan fingerprint density at radius 3 is 2.69 bits per heavy atom. The van der Waals surface area contributed by atoms with Crippen LogP contribution in [0.25, 0.3) is 0 Å². The molecule has 0 bridgehead atoms. The van der Waals surface area contributed by atoms with Gasteiger partial charge in [-0.15, -0.1) is 0 Å². The maximum absolute atomic E-state index is 11.2. The molecule has 0 aromatic heterocycles. The van der Waals surface area contributed by atoms with Crippen molar-refractivity contribution in [3.8, 4) is 0 Å². The average Bonchev–Trinajstić information content (AvgIpc) is 2.17. The molecule has 0 spiro atoms. The molecule has 2 rings (SSSR count). The summed E-state index contributed by atoms with van der Waals surface area (Å²) >= 11 is 0. The van der Waals surface area contributed by atoms with Crippen LogP contribution in [0.3, 0.4) is 0 Å². The number of benzene rings is 1. The van der Waals surface area contributed by atoms with Gasteiger partial charge in [0, 0.05) is 5.92 Å². The van der Waals surface area contributed by atoms with E-state index in [0.717, 1.165) is 19.3 Å². The van der Waals surface area contributed by atoms with Crippen molar-refractivity contribution < 1.29 is 4.79 Å². The lowest BCUT2D eigenvalue weighted by Gasteiger charge is -2.22. The fraction of sp³-hybridized carbons (Fsp3) is 0.417. The highest BCUT2D eigenvalue weighted by molar-refractivity contribution is 5.79. The van der Waals surface area contributed by atoms with Crippen molar-refractivity contribution in [2.45, 2.75) is 26.2 Å². The molecule has 0 saturated heterocycles. The van der Waals surface area contributed by atoms with Crippen LogP contribution in [0.1, 0.15) is 24.5 Å². The molecule has 1 heteroatoms. The van der Waals surface area contributed by atoms with Gasteiger partial charge in [0.05, 0.1) is 0 Å². The standard InChI is InChI=1S/C12H14O/c1-9(13)11-7-6-10-4-2-3-5-12(10)8-11/h2-5,11H,6-8H2,1H3. The van der Waals surface area contributed by atoms with Gasteiger partial charge in [0.15, 0.2) is 0 Å². The van der Waals surface area contributed by atoms with Crippen LogP contribution in [0.2, 0.25) is 0 Å². The van der Waals surface area contributed by atoms with Crippen LogP contribution in [0.5, 0.6) is 0 Å². The highest BCUT2D eigenvalue weighted by atomic mass is 16.1. The zero-order chi connectivity index (χ0) is 9.26. The second-order valence-corrected chi connectivity index (χ2v) is 3.82. The molecule has 1 atom stereocenters. The van der Waals surface area contributed by atoms with Crippen LogP contribution in [0.4, 0.5) is 0 Å². The lowest BCUT2D eigenvalue weighted by Crippen LogP contribution is -2.20. The number of ketones is 1. The van der Waals surface area contributed by atoms with Gasteiger partial charge < -0.3 is 0 Å². The molecule has 68 valence electrons. The van der Waals surface area contributed by atoms with Gasteiger partial charge in [-0.25, -0.2) is 0 Å². The summed E-state index contributed by atoms with van der Waals surface area (Å²) in [6.45, 7) is 1.71. The summed E-state index contributed by atoms with van der Waals surface area (Å²) in [7, 11) is 0. The summed E-state index contributed by atoms with van der Waals surface area (Å²) in [5.74, 6) is 0.615. The molecule has 0 fully saturated rings. The van der Waals surface area contributed by atoms with E-state index < -0.39 is 0 Å². The Morgan fingerprint density at radius 1 is 1.31 bits per heavy atom. The van der Waals surface area contributed by atoms with E-state index in [4.69, 9.17) is 0 Å². The third-order valence-electron chi connectivity index (χ3n) is 2.92. The normalized spacial score (nSPS) is 20.8. The van der Waals surface area contributed by atoms with Crippen LogP contribution < -0.4 is 0 Å². The van der Waals surface area contributed by atoms with Crippen LogP contribution >= 0.6 is 0 Å². The molecule has 0 heterocycles. The fourth-order valence-corrected chi connectivity index (χ4v) is 2.04. The Balaban J connectivity index is 2.24. The van der Waals surface area contributed by atoms with Crippen molar-refractivity contribution in [2.24, 2.45) is 5.92 Å². The molecule has 0 aliphatic heterocycles. The smallest absolute Gasteiger partial charge is 0.133 e. The van der Waals surface area contributed by atoms with Crippen LogP contribution in [-0.4, -0.2) is 5.78 Å². The Labute approximate surface area is 78.8 Å². The molecule has 1 aromatic carbocycles. The maximum Gasteiger partial charge on any atom is 0.133 e. The highest BCUT2D eigenvalue weighted by Crippen LogP contribution is 2.25. The summed E-state index contributed by atoms with van der Waals surface area (Å²) in [6, 6.07) is 8.45. The highest BCUT2D eigenvalue weighted by Gasteiger charge is 2.20. The minimum atomic E-state index is 0.273. The molecule has 0 amide bonds. The number of Topliss-reactive ketones (excluding diaryl/α,β-unsaturated/α-hetero) is 1. The van der Waals surface area contributed by atoms with E-state index in [9.17, 15) is 4.79 Å². The zero-order valence-corrected chi connectivity index (χ0v) is 7.92. The van der Waals surface area contributed by atoms with Gasteiger partial charge in [0.25, 0.3) is 0 Å². The first-order valence-corrected chi connectivity index (χ1v) is 4.84. The molecule has 1 aliphatic carbocycles. The molecule has 0 radical (unpaired) electrons. The minimum Gasteiger partial charge on any atom is -0.300 e. The van der Waals surface area contributed by atoms with Crippen LogP contribution in [0.15, 0.2) is 24.3 Å². The first kappa shape index (κ1) is 8.49. The van der Waals surface area contributed by atoms with E-state index in [1.54, 1.807) is 6.92 Å². The summed E-state index contributed by atoms with van der Waals surface area (Å²) in [6.07, 6.45) is 3.05. The fourth-order valence-electron chi connectivity index (χ4n) is 2.04. The topological polar surface area (TPSA) is 17.1 Å². The van der Waals surface area contributed by atoms with Gasteiger partial charge in [-0.2, -0.15) is 0 Å². The quantitative estimate of drug-likeness (QED) is 0.639. The van der Waals surface area contributed by atoms with E-state index >= 15 is 0 Å². The van der Waals surface area contributed by atoms with Crippen molar-refractivity contribution in [1.29, 1.82) is 0 Å². The third kappa shape index (κ3) is 1.64. The maximum atomic E-state index is 11.2. The van der Waals surface area contributed by atoms with Gasteiger partial charge in [-0.3, -0.25) is 4.79 Å². The van der Waals surface area contributed by atoms with Crippen LogP contribution in [-0.2, 0) is 17.6 Å². The van der Waals surface area contributed by atoms with E-state index in [1.165, 1.54) is 11.1 Å². The van der Waals surface area contributed by atoms with Crippen molar-refractivity contribution in [2.75, 3.05) is 0 Å². The van der Waals surface area contributed by atoms with Gasteiger partial charge >= 0.3 is 0 Å². The second kappa shape index (κ2) is 3.33. The Bertz CT molecular complexity index is 328. The molecular formula is C12H14O. The number of aryl methyl sites for hydroxylation is 1. The molecule has 1 aliphatic rings. The number of carbonyl (C=O) groups is 1. The van der Waals surface area contributed by atoms with Crippen molar-refractivity contribution in [1.82, 2.24) is 0 Å². The number of rotatable bonds is 1. The lowest BCUT2D eigenvalue weighted by molar-refractivity contribution is -0.121. The molecule has 1 nitrogen and oxygen atoms in total. The molecule has 0 saturated carbocycles. The Kier molecular flexibility index (Phi) is 2.17. The van der Waals surface area contributed by atoms with Crippen LogP contribution in [0, 0.1) is 5.92 Å². The van der Waals surface area contributed by atoms with Crippen molar-refractivity contribution >= 4 is 5.78 Å². The van der Waals surface area contributed by atoms with E-state index in [2.05, 4.69) is 24.3 Å². The molecular weight excluding hydrogens is 160 g/mol. The van der Waals surface area contributed by atoms with E-state index in [1.807, 2.05) is 0 Å². The van der Waals surface area contributed by atoms with Gasteiger partial charge in [0.1, 0.15) is 5.78 Å². The van der Waals surface area contributed by atoms with Crippen molar-refractivity contribution in [3.63, 3.8) is 0 Å². The minimum absolute atomic E-state index is 0.273. The van der Waals surface area contributed by atoms with Crippen molar-refractivity contribution in [3.05, 3.63) is 35.4 Å². The largest absolute Gasteiger partial charge is 0.300 e. The first-order valence-electron chi connectivity index (χ1n) is 4.84. The summed E-state index contributed by atoms with van der Waals surface area (Å²) in [5, 5.41) is 0. The van der Waals surface area contributed by atoms with Gasteiger partial charge in [0.2, 0.25) is 0 Å². The molecule has 13 heavy (non-hydrogen) atoms. The molecule has 0 N–H and O–H groups in total. The predicted octanol–water partition coefficient (Wildman–Crippen LogP) is 2.38. The monoisotopic (exact) mass is 174 g/mol. The molecule has 1 aromatic rings. The third-order valence-corrected chi connectivity index (χ3v) is 2.92. The van der Waals surface area contributed by atoms with E-state index in [-0.39, 0.29) is 5.92 Å². The van der Waals surface area contributed by atoms with Gasteiger partial charge in [-0.05, 0) is 37.3 Å². The first-order chi connectivity index (χ1) is 6.27. The summed E-state index contributed by atoms with van der Waals surface area (Å²) < 4.78 is 0. The summed E-state index contributed by atoms with van der Waals surface area (Å²) in [5.41, 5.74) is 2.80. The predicted molar refractivity (Wildman–Crippen MR) is 52.6 cm³/mol. The van der Waals surface area contributed by atoms with Gasteiger partial charge in [-0.1, -0.05) is 24.3 Å².